The topological polar surface area (TPSA) is 49.4 Å². The van der Waals surface area contributed by atoms with Gasteiger partial charge in [-0.05, 0) is 31.0 Å². The van der Waals surface area contributed by atoms with Gasteiger partial charge in [0.1, 0.15) is 0 Å². The first-order valence-electron chi connectivity index (χ1n) is 6.57. The van der Waals surface area contributed by atoms with Crippen molar-refractivity contribution < 1.29 is 9.59 Å². The van der Waals surface area contributed by atoms with Crippen molar-refractivity contribution in [1.29, 1.82) is 0 Å². The largest absolute Gasteiger partial charge is 0.289 e. The number of carbonyl (C=O) groups excluding carboxylic acids is 2. The lowest BCUT2D eigenvalue weighted by Gasteiger charge is -2.19. The first kappa shape index (κ1) is 12.5. The zero-order chi connectivity index (χ0) is 13.4. The Labute approximate surface area is 116 Å². The van der Waals surface area contributed by atoms with Crippen LogP contribution in [0.25, 0.3) is 0 Å². The van der Waals surface area contributed by atoms with Crippen molar-refractivity contribution in [3.05, 3.63) is 29.3 Å². The molecule has 0 bridgehead atoms. The number of hydrogen-bond donors (Lipinski definition) is 1. The van der Waals surface area contributed by atoms with Crippen LogP contribution < -0.4 is 5.43 Å². The fourth-order valence-electron chi connectivity index (χ4n) is 2.96. The van der Waals surface area contributed by atoms with Crippen molar-refractivity contribution in [3.8, 4) is 0 Å². The van der Waals surface area contributed by atoms with Gasteiger partial charge in [-0.15, -0.1) is 0 Å². The van der Waals surface area contributed by atoms with Crippen LogP contribution >= 0.6 is 11.6 Å². The van der Waals surface area contributed by atoms with E-state index in [-0.39, 0.29) is 23.7 Å². The summed E-state index contributed by atoms with van der Waals surface area (Å²) in [5.74, 6) is -0.467. The maximum atomic E-state index is 12.2. The van der Waals surface area contributed by atoms with Crippen molar-refractivity contribution in [2.24, 2.45) is 11.8 Å². The molecule has 1 aliphatic heterocycles. The summed E-state index contributed by atoms with van der Waals surface area (Å²) in [5.41, 5.74) is 3.55. The number of anilines is 1. The van der Waals surface area contributed by atoms with Crippen molar-refractivity contribution in [2.45, 2.75) is 25.7 Å². The Bertz CT molecular complexity index is 508. The lowest BCUT2D eigenvalue weighted by atomic mass is 9.81. The average molecular weight is 279 g/mol. The van der Waals surface area contributed by atoms with Gasteiger partial charge in [0, 0.05) is 5.02 Å². The normalized spacial score (nSPS) is 26.5. The van der Waals surface area contributed by atoms with E-state index < -0.39 is 0 Å². The number of nitrogens with one attached hydrogen (secondary N) is 1. The maximum absolute atomic E-state index is 12.2. The number of rotatable bonds is 2. The molecule has 1 saturated carbocycles. The average Bonchev–Trinajstić information content (AvgIpc) is 2.65. The van der Waals surface area contributed by atoms with E-state index in [1.807, 2.05) is 0 Å². The number of benzene rings is 1. The Morgan fingerprint density at radius 2 is 1.74 bits per heavy atom. The highest BCUT2D eigenvalue weighted by Gasteiger charge is 2.48. The third kappa shape index (κ3) is 2.21. The molecule has 2 unspecified atom stereocenters. The van der Waals surface area contributed by atoms with Gasteiger partial charge in [-0.2, -0.15) is 5.01 Å². The fourth-order valence-corrected chi connectivity index (χ4v) is 3.15. The van der Waals surface area contributed by atoms with Crippen molar-refractivity contribution in [1.82, 2.24) is 5.01 Å². The predicted molar refractivity (Wildman–Crippen MR) is 72.4 cm³/mol. The molecule has 0 spiro atoms. The number of halogens is 1. The molecule has 0 radical (unpaired) electrons. The van der Waals surface area contributed by atoms with Gasteiger partial charge in [-0.3, -0.25) is 15.0 Å². The summed E-state index contributed by atoms with van der Waals surface area (Å²) in [6, 6.07) is 7.02. The van der Waals surface area contributed by atoms with E-state index in [2.05, 4.69) is 5.43 Å². The van der Waals surface area contributed by atoms with E-state index in [1.165, 1.54) is 5.01 Å². The van der Waals surface area contributed by atoms with E-state index in [0.717, 1.165) is 25.7 Å². The molecule has 1 aliphatic carbocycles. The SMILES string of the molecule is O=C1C2CCCCC2C(=O)N1Nc1cccc(Cl)c1. The summed E-state index contributed by atoms with van der Waals surface area (Å²) in [6.45, 7) is 0. The zero-order valence-electron chi connectivity index (χ0n) is 10.4. The summed E-state index contributed by atoms with van der Waals surface area (Å²) in [6.07, 6.45) is 3.71. The highest BCUT2D eigenvalue weighted by Crippen LogP contribution is 2.38. The highest BCUT2D eigenvalue weighted by molar-refractivity contribution is 6.30. The van der Waals surface area contributed by atoms with E-state index >= 15 is 0 Å². The van der Waals surface area contributed by atoms with Gasteiger partial charge in [0.2, 0.25) is 0 Å². The molecule has 100 valence electrons. The molecule has 4 nitrogen and oxygen atoms in total. The van der Waals surface area contributed by atoms with Crippen LogP contribution in [-0.4, -0.2) is 16.8 Å². The van der Waals surface area contributed by atoms with Crippen LogP contribution in [0.5, 0.6) is 0 Å². The van der Waals surface area contributed by atoms with Crippen LogP contribution in [0.4, 0.5) is 5.69 Å². The zero-order valence-corrected chi connectivity index (χ0v) is 11.2. The first-order valence-corrected chi connectivity index (χ1v) is 6.94. The van der Waals surface area contributed by atoms with Crippen LogP contribution in [0.3, 0.4) is 0 Å². The maximum Gasteiger partial charge on any atom is 0.252 e. The minimum absolute atomic E-state index is 0.102. The molecule has 19 heavy (non-hydrogen) atoms. The number of amides is 2. The molecular formula is C14H15ClN2O2. The van der Waals surface area contributed by atoms with Gasteiger partial charge < -0.3 is 0 Å². The second-order valence-electron chi connectivity index (χ2n) is 5.13. The smallest absolute Gasteiger partial charge is 0.252 e. The minimum Gasteiger partial charge on any atom is -0.289 e. The van der Waals surface area contributed by atoms with Gasteiger partial charge >= 0.3 is 0 Å². The molecule has 3 rings (SSSR count). The molecule has 0 aromatic heterocycles. The number of hydrazine groups is 1. The van der Waals surface area contributed by atoms with Crippen LogP contribution in [-0.2, 0) is 9.59 Å². The Kier molecular flexibility index (Phi) is 3.19. The Morgan fingerprint density at radius 1 is 1.11 bits per heavy atom. The third-order valence-corrected chi connectivity index (χ3v) is 4.14. The van der Waals surface area contributed by atoms with Crippen LogP contribution in [0.1, 0.15) is 25.7 Å². The molecule has 2 aliphatic rings. The molecular weight excluding hydrogens is 264 g/mol. The van der Waals surface area contributed by atoms with Crippen LogP contribution in [0, 0.1) is 11.8 Å². The molecule has 1 aromatic rings. The second kappa shape index (κ2) is 4.85. The number of hydrogen-bond acceptors (Lipinski definition) is 3. The van der Waals surface area contributed by atoms with Gasteiger partial charge in [-0.1, -0.05) is 30.5 Å². The molecule has 1 heterocycles. The van der Waals surface area contributed by atoms with Gasteiger partial charge in [0.15, 0.2) is 0 Å². The molecule has 1 N–H and O–H groups in total. The van der Waals surface area contributed by atoms with E-state index in [0.29, 0.717) is 10.7 Å². The minimum atomic E-state index is -0.132. The molecule has 2 atom stereocenters. The monoisotopic (exact) mass is 278 g/mol. The molecule has 1 saturated heterocycles. The number of carbonyl (C=O) groups is 2. The molecule has 1 aromatic carbocycles. The Balaban J connectivity index is 1.81. The summed E-state index contributed by atoms with van der Waals surface area (Å²) in [5, 5.41) is 1.74. The molecule has 2 fully saturated rings. The van der Waals surface area contributed by atoms with Crippen LogP contribution in [0.2, 0.25) is 5.02 Å². The molecule has 2 amide bonds. The highest BCUT2D eigenvalue weighted by atomic mass is 35.5. The van der Waals surface area contributed by atoms with Gasteiger partial charge in [-0.25, -0.2) is 0 Å². The fraction of sp³-hybridized carbons (Fsp3) is 0.429. The van der Waals surface area contributed by atoms with Crippen LogP contribution in [0.15, 0.2) is 24.3 Å². The number of nitrogens with zero attached hydrogens (tertiary/aromatic N) is 1. The van der Waals surface area contributed by atoms with Crippen molar-refractivity contribution >= 4 is 29.1 Å². The van der Waals surface area contributed by atoms with Crippen molar-refractivity contribution in [3.63, 3.8) is 0 Å². The Hall–Kier alpha value is -1.55. The molecule has 5 heteroatoms. The van der Waals surface area contributed by atoms with Crippen molar-refractivity contribution in [2.75, 3.05) is 5.43 Å². The lowest BCUT2D eigenvalue weighted by Crippen LogP contribution is -2.36. The lowest BCUT2D eigenvalue weighted by molar-refractivity contribution is -0.138. The predicted octanol–water partition coefficient (Wildman–Crippen LogP) is 2.84. The summed E-state index contributed by atoms with van der Waals surface area (Å²) >= 11 is 5.90. The quantitative estimate of drug-likeness (QED) is 0.847. The van der Waals surface area contributed by atoms with E-state index in [1.54, 1.807) is 24.3 Å². The van der Waals surface area contributed by atoms with Gasteiger partial charge in [0.05, 0.1) is 17.5 Å². The van der Waals surface area contributed by atoms with Gasteiger partial charge in [0.25, 0.3) is 11.8 Å². The number of imide groups is 1. The summed E-state index contributed by atoms with van der Waals surface area (Å²) in [7, 11) is 0. The first-order chi connectivity index (χ1) is 9.16. The second-order valence-corrected chi connectivity index (χ2v) is 5.57. The van der Waals surface area contributed by atoms with E-state index in [4.69, 9.17) is 11.6 Å². The van der Waals surface area contributed by atoms with E-state index in [9.17, 15) is 9.59 Å². The Morgan fingerprint density at radius 3 is 2.32 bits per heavy atom. The standard InChI is InChI=1S/C14H15ClN2O2/c15-9-4-3-5-10(8-9)16-17-13(18)11-6-1-2-7-12(11)14(17)19/h3-5,8,11-12,16H,1-2,6-7H2. The number of fused-ring (bicyclic) bond motifs is 1. The third-order valence-electron chi connectivity index (χ3n) is 3.91. The summed E-state index contributed by atoms with van der Waals surface area (Å²) < 4.78 is 0. The summed E-state index contributed by atoms with van der Waals surface area (Å²) in [4.78, 5) is 24.5.